The van der Waals surface area contributed by atoms with Gasteiger partial charge in [0.2, 0.25) is 0 Å². The van der Waals surface area contributed by atoms with Gasteiger partial charge in [-0.1, -0.05) is 56.4 Å². The van der Waals surface area contributed by atoms with Crippen molar-refractivity contribution < 1.29 is 4.74 Å². The first-order valence-corrected chi connectivity index (χ1v) is 9.90. The van der Waals surface area contributed by atoms with Gasteiger partial charge in [0.15, 0.2) is 0 Å². The Bertz CT molecular complexity index is 783. The number of unbranched alkanes of at least 4 members (excludes halogenated alkanes) is 1. The van der Waals surface area contributed by atoms with E-state index in [0.717, 1.165) is 29.1 Å². The number of ether oxygens (including phenoxy) is 1. The molecule has 0 aliphatic heterocycles. The highest BCUT2D eigenvalue weighted by Gasteiger charge is 2.12. The van der Waals surface area contributed by atoms with E-state index in [4.69, 9.17) is 4.74 Å². The number of hydrogen-bond donors (Lipinski definition) is 1. The number of aromatic amines is 1. The van der Waals surface area contributed by atoms with E-state index in [1.54, 1.807) is 0 Å². The Morgan fingerprint density at radius 1 is 1.00 bits per heavy atom. The summed E-state index contributed by atoms with van der Waals surface area (Å²) in [6.45, 7) is 0. The smallest absolute Gasteiger partial charge is 0.300 e. The lowest BCUT2D eigenvalue weighted by Gasteiger charge is -2.21. The molecule has 26 heavy (non-hydrogen) atoms. The van der Waals surface area contributed by atoms with E-state index < -0.39 is 0 Å². The summed E-state index contributed by atoms with van der Waals surface area (Å²) in [5.74, 6) is 1.77. The molecular weight excluding hydrogens is 320 g/mol. The molecule has 0 amide bonds. The van der Waals surface area contributed by atoms with E-state index in [1.165, 1.54) is 50.5 Å². The number of nitrogens with one attached hydrogen (secondary N) is 1. The van der Waals surface area contributed by atoms with Gasteiger partial charge in [-0.25, -0.2) is 0 Å². The fourth-order valence-electron chi connectivity index (χ4n) is 3.86. The van der Waals surface area contributed by atoms with Crippen molar-refractivity contribution in [2.75, 3.05) is 0 Å². The molecule has 1 aromatic heterocycles. The summed E-state index contributed by atoms with van der Waals surface area (Å²) < 4.78 is 5.85. The van der Waals surface area contributed by atoms with Gasteiger partial charge < -0.3 is 9.72 Å². The molecule has 1 radical (unpaired) electrons. The number of benzene rings is 2. The molecule has 1 saturated carbocycles. The molecule has 0 bridgehead atoms. The van der Waals surface area contributed by atoms with Gasteiger partial charge in [-0.15, -0.1) is 0 Å². The van der Waals surface area contributed by atoms with Crippen molar-refractivity contribution in [3.8, 4) is 11.8 Å². The third-order valence-corrected chi connectivity index (χ3v) is 5.37. The zero-order valence-corrected chi connectivity index (χ0v) is 15.3. The van der Waals surface area contributed by atoms with Crippen LogP contribution in [0.4, 0.5) is 0 Å². The van der Waals surface area contributed by atoms with Crippen molar-refractivity contribution in [3.05, 3.63) is 60.5 Å². The highest BCUT2D eigenvalue weighted by molar-refractivity contribution is 5.75. The van der Waals surface area contributed by atoms with E-state index in [0.29, 0.717) is 6.01 Å². The number of nitrogens with zero attached hydrogens (tertiary/aromatic N) is 1. The van der Waals surface area contributed by atoms with Gasteiger partial charge in [-0.3, -0.25) is 0 Å². The topological polar surface area (TPSA) is 37.9 Å². The van der Waals surface area contributed by atoms with Crippen molar-refractivity contribution in [2.45, 2.75) is 51.4 Å². The molecule has 3 aromatic rings. The average Bonchev–Trinajstić information content (AvgIpc) is 3.10. The normalized spacial score (nSPS) is 15.4. The van der Waals surface area contributed by atoms with Crippen LogP contribution in [0.2, 0.25) is 0 Å². The zero-order chi connectivity index (χ0) is 17.6. The minimum Gasteiger partial charge on any atom is -0.426 e. The summed E-state index contributed by atoms with van der Waals surface area (Å²) in [7, 11) is 0. The van der Waals surface area contributed by atoms with E-state index in [-0.39, 0.29) is 0 Å². The predicted molar refractivity (Wildman–Crippen MR) is 106 cm³/mol. The van der Waals surface area contributed by atoms with Crippen molar-refractivity contribution in [1.82, 2.24) is 9.97 Å². The third kappa shape index (κ3) is 4.46. The lowest BCUT2D eigenvalue weighted by Crippen LogP contribution is -2.06. The second-order valence-electron chi connectivity index (χ2n) is 7.37. The molecule has 1 aliphatic rings. The Hall–Kier alpha value is -2.29. The zero-order valence-electron chi connectivity index (χ0n) is 15.3. The molecule has 0 unspecified atom stereocenters. The van der Waals surface area contributed by atoms with Gasteiger partial charge >= 0.3 is 0 Å². The van der Waals surface area contributed by atoms with Crippen LogP contribution >= 0.6 is 0 Å². The maximum absolute atomic E-state index is 5.85. The molecule has 135 valence electrons. The first-order valence-electron chi connectivity index (χ1n) is 9.90. The van der Waals surface area contributed by atoms with Crippen molar-refractivity contribution in [1.29, 1.82) is 0 Å². The molecule has 1 N–H and O–H groups in total. The maximum atomic E-state index is 5.85. The van der Waals surface area contributed by atoms with Crippen LogP contribution in [0.15, 0.2) is 48.5 Å². The molecule has 0 saturated heterocycles. The lowest BCUT2D eigenvalue weighted by molar-refractivity contribution is 0.352. The molecule has 0 atom stereocenters. The second kappa shape index (κ2) is 8.39. The number of hydrogen-bond acceptors (Lipinski definition) is 2. The molecule has 3 heteroatoms. The number of aromatic nitrogens is 2. The first kappa shape index (κ1) is 17.1. The maximum Gasteiger partial charge on any atom is 0.300 e. The Labute approximate surface area is 155 Å². The molecule has 3 nitrogen and oxygen atoms in total. The van der Waals surface area contributed by atoms with E-state index in [1.807, 2.05) is 36.4 Å². The fraction of sp³-hybridized carbons (Fsp3) is 0.391. The quantitative estimate of drug-likeness (QED) is 0.498. The number of para-hydroxylation sites is 2. The molecular formula is C23H27N2O. The van der Waals surface area contributed by atoms with Crippen LogP contribution in [0.5, 0.6) is 11.8 Å². The number of rotatable bonds is 7. The van der Waals surface area contributed by atoms with Gasteiger partial charge in [0.25, 0.3) is 6.01 Å². The molecule has 4 rings (SSSR count). The minimum atomic E-state index is 0.541. The minimum absolute atomic E-state index is 0.541. The van der Waals surface area contributed by atoms with Gasteiger partial charge in [0.1, 0.15) is 5.75 Å². The molecule has 1 fully saturated rings. The predicted octanol–water partition coefficient (Wildman–Crippen LogP) is 6.46. The highest BCUT2D eigenvalue weighted by atomic mass is 16.5. The van der Waals surface area contributed by atoms with Gasteiger partial charge in [-0.2, -0.15) is 4.98 Å². The van der Waals surface area contributed by atoms with Gasteiger partial charge in [-0.05, 0) is 61.4 Å². The first-order chi connectivity index (χ1) is 12.9. The standard InChI is InChI=1S/C23H27N2O/c1-2-8-18(9-3-1)10-4-5-11-19-14-16-20(17-15-19)26-23-24-21-12-6-7-13-22(21)25-23/h4,6-7,12-18H,1-3,5,8-11H2,(H,24,25). The summed E-state index contributed by atoms with van der Waals surface area (Å²) in [5.41, 5.74) is 3.28. The SMILES string of the molecule is [CH](CCc1ccc(Oc2nc3ccccc3[nH]2)cc1)CC1CCCCC1. The number of H-pyrrole nitrogens is 1. The summed E-state index contributed by atoms with van der Waals surface area (Å²) in [5, 5.41) is 0. The van der Waals surface area contributed by atoms with Crippen LogP contribution in [0.1, 0.15) is 50.5 Å². The van der Waals surface area contributed by atoms with Crippen LogP contribution in [-0.2, 0) is 6.42 Å². The van der Waals surface area contributed by atoms with Crippen molar-refractivity contribution in [2.24, 2.45) is 5.92 Å². The lowest BCUT2D eigenvalue weighted by atomic mass is 9.85. The average molecular weight is 347 g/mol. The fourth-order valence-corrected chi connectivity index (χ4v) is 3.86. The third-order valence-electron chi connectivity index (χ3n) is 5.37. The monoisotopic (exact) mass is 347 g/mol. The molecule has 2 aromatic carbocycles. The number of aryl methyl sites for hydroxylation is 1. The van der Waals surface area contributed by atoms with Gasteiger partial charge in [0, 0.05) is 0 Å². The van der Waals surface area contributed by atoms with Crippen LogP contribution in [0, 0.1) is 12.3 Å². The van der Waals surface area contributed by atoms with E-state index in [9.17, 15) is 0 Å². The summed E-state index contributed by atoms with van der Waals surface area (Å²) in [4.78, 5) is 7.65. The Morgan fingerprint density at radius 2 is 1.81 bits per heavy atom. The van der Waals surface area contributed by atoms with Crippen LogP contribution in [-0.4, -0.2) is 9.97 Å². The highest BCUT2D eigenvalue weighted by Crippen LogP contribution is 2.28. The number of imidazole rings is 1. The van der Waals surface area contributed by atoms with Crippen molar-refractivity contribution in [3.63, 3.8) is 0 Å². The summed E-state index contributed by atoms with van der Waals surface area (Å²) in [6.07, 6.45) is 13.3. The van der Waals surface area contributed by atoms with E-state index >= 15 is 0 Å². The summed E-state index contributed by atoms with van der Waals surface area (Å²) in [6, 6.07) is 16.9. The Morgan fingerprint density at radius 3 is 2.62 bits per heavy atom. The summed E-state index contributed by atoms with van der Waals surface area (Å²) >= 11 is 0. The van der Waals surface area contributed by atoms with E-state index in [2.05, 4.69) is 28.5 Å². The Balaban J connectivity index is 1.25. The largest absolute Gasteiger partial charge is 0.426 e. The molecule has 1 heterocycles. The molecule has 1 aliphatic carbocycles. The van der Waals surface area contributed by atoms with Crippen LogP contribution < -0.4 is 4.74 Å². The second-order valence-corrected chi connectivity index (χ2v) is 7.37. The van der Waals surface area contributed by atoms with Crippen LogP contribution in [0.25, 0.3) is 11.0 Å². The molecule has 0 spiro atoms. The number of fused-ring (bicyclic) bond motifs is 1. The van der Waals surface area contributed by atoms with Gasteiger partial charge in [0.05, 0.1) is 11.0 Å². The Kier molecular flexibility index (Phi) is 5.53. The van der Waals surface area contributed by atoms with Crippen LogP contribution in [0.3, 0.4) is 0 Å². The van der Waals surface area contributed by atoms with Crippen molar-refractivity contribution >= 4 is 11.0 Å².